The van der Waals surface area contributed by atoms with Gasteiger partial charge in [-0.15, -0.1) is 0 Å². The van der Waals surface area contributed by atoms with Gasteiger partial charge < -0.3 is 20.0 Å². The van der Waals surface area contributed by atoms with E-state index in [1.807, 2.05) is 42.2 Å². The van der Waals surface area contributed by atoms with Gasteiger partial charge >= 0.3 is 0 Å². The number of amides is 1. The molecule has 2 saturated heterocycles. The number of carbonyl (C=O) groups is 1. The number of rotatable bonds is 5. The number of hydrogen-bond donors (Lipinski definition) is 1. The summed E-state index contributed by atoms with van der Waals surface area (Å²) in [6.45, 7) is 11.0. The van der Waals surface area contributed by atoms with Crippen LogP contribution >= 0.6 is 0 Å². The maximum absolute atomic E-state index is 13.5. The molecule has 0 unspecified atom stereocenters. The van der Waals surface area contributed by atoms with Gasteiger partial charge in [0.25, 0.3) is 5.91 Å². The molecule has 6 nitrogen and oxygen atoms in total. The van der Waals surface area contributed by atoms with Crippen molar-refractivity contribution in [1.29, 1.82) is 5.26 Å². The van der Waals surface area contributed by atoms with Gasteiger partial charge in [-0.05, 0) is 61.7 Å². The first-order valence-corrected chi connectivity index (χ1v) is 12.7. The Bertz CT molecular complexity index is 1320. The number of carbonyl (C=O) groups excluding carboxylic acids is 1. The van der Waals surface area contributed by atoms with E-state index in [4.69, 9.17) is 0 Å². The molecule has 186 valence electrons. The minimum Gasteiger partial charge on any atom is -0.379 e. The van der Waals surface area contributed by atoms with Crippen molar-refractivity contribution in [3.63, 3.8) is 0 Å². The summed E-state index contributed by atoms with van der Waals surface area (Å²) in [5.74, 6) is 0.109. The van der Waals surface area contributed by atoms with Crippen LogP contribution in [0.4, 0.5) is 17.1 Å². The minimum absolute atomic E-state index is 0. The second kappa shape index (κ2) is 9.94. The van der Waals surface area contributed by atoms with Crippen LogP contribution in [0.3, 0.4) is 0 Å². The molecule has 1 N–H and O–H groups in total. The predicted molar refractivity (Wildman–Crippen MR) is 148 cm³/mol. The van der Waals surface area contributed by atoms with Gasteiger partial charge in [-0.2, -0.15) is 5.26 Å². The van der Waals surface area contributed by atoms with E-state index in [1.54, 1.807) is 0 Å². The lowest BCUT2D eigenvalue weighted by Crippen LogP contribution is -2.55. The zero-order valence-corrected chi connectivity index (χ0v) is 21.3. The molecule has 0 spiro atoms. The lowest BCUT2D eigenvalue weighted by Gasteiger charge is -2.42. The van der Waals surface area contributed by atoms with Gasteiger partial charge in [0.2, 0.25) is 0 Å². The third-order valence-corrected chi connectivity index (χ3v) is 7.43. The number of aryl methyl sites for hydroxylation is 3. The molecule has 5 rings (SSSR count). The van der Waals surface area contributed by atoms with Crippen LogP contribution in [0.1, 0.15) is 34.0 Å². The average Bonchev–Trinajstić information content (AvgIpc) is 2.87. The van der Waals surface area contributed by atoms with Crippen LogP contribution in [0.25, 0.3) is 0 Å². The topological polar surface area (TPSA) is 62.6 Å². The van der Waals surface area contributed by atoms with E-state index < -0.39 is 0 Å². The fourth-order valence-corrected chi connectivity index (χ4v) is 5.31. The van der Waals surface area contributed by atoms with E-state index >= 15 is 0 Å². The molecule has 0 atom stereocenters. The van der Waals surface area contributed by atoms with Gasteiger partial charge in [-0.25, -0.2) is 0 Å². The molecular weight excluding hydrogens is 446 g/mol. The lowest BCUT2D eigenvalue weighted by molar-refractivity contribution is 0.0746. The van der Waals surface area contributed by atoms with Crippen molar-refractivity contribution in [1.82, 2.24) is 4.90 Å². The summed E-state index contributed by atoms with van der Waals surface area (Å²) in [4.78, 5) is 20.1. The van der Waals surface area contributed by atoms with Crippen molar-refractivity contribution in [2.24, 2.45) is 0 Å². The van der Waals surface area contributed by atoms with Gasteiger partial charge in [0, 0.05) is 57.6 Å². The van der Waals surface area contributed by atoms with E-state index in [2.05, 4.69) is 65.4 Å². The number of nitrogens with zero attached hydrogens (tertiary/aromatic N) is 4. The SMILES string of the molecule is Cc1cc(C)c(C(=O)N2CCN(c3ccccc3C)CC2)cc1NC1CN(c2ccccc2C#N)C1.[HH]. The van der Waals surface area contributed by atoms with Crippen LogP contribution in [-0.4, -0.2) is 56.1 Å². The van der Waals surface area contributed by atoms with Gasteiger partial charge in [0.05, 0.1) is 17.3 Å². The number of benzene rings is 3. The van der Waals surface area contributed by atoms with Crippen LogP contribution < -0.4 is 15.1 Å². The van der Waals surface area contributed by atoms with Crippen molar-refractivity contribution in [2.75, 3.05) is 54.4 Å². The molecule has 0 aromatic heterocycles. The maximum Gasteiger partial charge on any atom is 0.254 e. The van der Waals surface area contributed by atoms with Crippen molar-refractivity contribution < 1.29 is 6.22 Å². The Kier molecular flexibility index (Phi) is 6.56. The molecule has 1 amide bonds. The highest BCUT2D eigenvalue weighted by Crippen LogP contribution is 2.29. The molecule has 0 aliphatic carbocycles. The summed E-state index contributed by atoms with van der Waals surface area (Å²) >= 11 is 0. The van der Waals surface area contributed by atoms with E-state index in [0.717, 1.165) is 67.3 Å². The molecule has 3 aromatic rings. The molecule has 2 aliphatic rings. The fourth-order valence-electron chi connectivity index (χ4n) is 5.31. The van der Waals surface area contributed by atoms with Gasteiger partial charge in [-0.3, -0.25) is 4.79 Å². The summed E-state index contributed by atoms with van der Waals surface area (Å²) in [5.41, 5.74) is 8.17. The van der Waals surface area contributed by atoms with Crippen LogP contribution in [0, 0.1) is 32.1 Å². The van der Waals surface area contributed by atoms with E-state index in [-0.39, 0.29) is 13.4 Å². The van der Waals surface area contributed by atoms with Crippen molar-refractivity contribution >= 4 is 23.0 Å². The van der Waals surface area contributed by atoms with Crippen molar-refractivity contribution in [3.8, 4) is 6.07 Å². The normalized spacial score (nSPS) is 15.9. The van der Waals surface area contributed by atoms with Crippen molar-refractivity contribution in [2.45, 2.75) is 26.8 Å². The zero-order chi connectivity index (χ0) is 25.2. The molecule has 0 saturated carbocycles. The summed E-state index contributed by atoms with van der Waals surface area (Å²) in [7, 11) is 0. The second-order valence-electron chi connectivity index (χ2n) is 9.92. The number of nitriles is 1. The maximum atomic E-state index is 13.5. The highest BCUT2D eigenvalue weighted by molar-refractivity contribution is 5.97. The Morgan fingerprint density at radius 2 is 1.53 bits per heavy atom. The van der Waals surface area contributed by atoms with E-state index in [9.17, 15) is 10.1 Å². The molecule has 0 bridgehead atoms. The quantitative estimate of drug-likeness (QED) is 0.556. The Labute approximate surface area is 215 Å². The number of piperazine rings is 1. The Morgan fingerprint density at radius 1 is 0.861 bits per heavy atom. The van der Waals surface area contributed by atoms with Crippen LogP contribution in [0.2, 0.25) is 0 Å². The molecule has 6 heteroatoms. The van der Waals surface area contributed by atoms with Crippen LogP contribution in [-0.2, 0) is 0 Å². The monoisotopic (exact) mass is 481 g/mol. The Hall–Kier alpha value is -3.98. The van der Waals surface area contributed by atoms with Crippen LogP contribution in [0.5, 0.6) is 0 Å². The first-order valence-electron chi connectivity index (χ1n) is 12.7. The standard InChI is InChI=1S/C30H33N5O.H2/c1-21-8-4-6-10-28(21)33-12-14-34(15-13-33)30(36)26-17-27(23(3)16-22(26)2)32-25-19-35(20-25)29-11-7-5-9-24(29)18-31;/h4-11,16-17,25,32H,12-15,19-20H2,1-3H3;1H. The van der Waals surface area contributed by atoms with Crippen LogP contribution in [0.15, 0.2) is 60.7 Å². The first kappa shape index (κ1) is 23.7. The summed E-state index contributed by atoms with van der Waals surface area (Å²) < 4.78 is 0. The number of para-hydroxylation sites is 2. The number of anilines is 3. The third-order valence-electron chi connectivity index (χ3n) is 7.43. The molecule has 2 aliphatic heterocycles. The summed E-state index contributed by atoms with van der Waals surface area (Å²) in [5, 5.41) is 13.0. The van der Waals surface area contributed by atoms with E-state index in [1.165, 1.54) is 11.3 Å². The number of nitrogens with one attached hydrogen (secondary N) is 1. The van der Waals surface area contributed by atoms with Gasteiger partial charge in [0.1, 0.15) is 6.07 Å². The largest absolute Gasteiger partial charge is 0.379 e. The highest BCUT2D eigenvalue weighted by Gasteiger charge is 2.29. The minimum atomic E-state index is 0. The fraction of sp³-hybridized carbons (Fsp3) is 0.333. The summed E-state index contributed by atoms with van der Waals surface area (Å²) in [6, 6.07) is 22.9. The third kappa shape index (κ3) is 4.61. The first-order chi connectivity index (χ1) is 17.4. The zero-order valence-electron chi connectivity index (χ0n) is 21.3. The highest BCUT2D eigenvalue weighted by atomic mass is 16.2. The van der Waals surface area contributed by atoms with Gasteiger partial charge in [-0.1, -0.05) is 36.4 Å². The molecule has 0 radical (unpaired) electrons. The molecule has 3 aromatic carbocycles. The second-order valence-corrected chi connectivity index (χ2v) is 9.92. The van der Waals surface area contributed by atoms with E-state index in [0.29, 0.717) is 5.56 Å². The Morgan fingerprint density at radius 3 is 2.22 bits per heavy atom. The predicted octanol–water partition coefficient (Wildman–Crippen LogP) is 4.99. The number of hydrogen-bond acceptors (Lipinski definition) is 5. The molecule has 2 fully saturated rings. The molecule has 2 heterocycles. The Balaban J connectivity index is 0.00000320. The lowest BCUT2D eigenvalue weighted by atomic mass is 10.00. The van der Waals surface area contributed by atoms with Crippen molar-refractivity contribution in [3.05, 3.63) is 88.5 Å². The smallest absolute Gasteiger partial charge is 0.254 e. The molecule has 36 heavy (non-hydrogen) atoms. The average molecular weight is 482 g/mol. The summed E-state index contributed by atoms with van der Waals surface area (Å²) in [6.07, 6.45) is 0. The molecular formula is C30H35N5O. The van der Waals surface area contributed by atoms with Gasteiger partial charge in [0.15, 0.2) is 0 Å².